The summed E-state index contributed by atoms with van der Waals surface area (Å²) in [5, 5.41) is 9.10. The molecule has 0 bridgehead atoms. The highest BCUT2D eigenvalue weighted by Crippen LogP contribution is 2.26. The van der Waals surface area contributed by atoms with E-state index in [-0.39, 0.29) is 30.1 Å². The van der Waals surface area contributed by atoms with Gasteiger partial charge < -0.3 is 16.0 Å². The molecule has 26 heavy (non-hydrogen) atoms. The number of halogens is 1. The summed E-state index contributed by atoms with van der Waals surface area (Å²) in [6.45, 7) is 4.64. The Hall–Kier alpha value is -2.53. The van der Waals surface area contributed by atoms with Crippen molar-refractivity contribution in [2.24, 2.45) is 5.92 Å². The maximum absolute atomic E-state index is 12.6. The maximum atomic E-state index is 12.6. The number of hydrogen-bond donors (Lipinski definition) is 3. The number of carbonyl (C=O) groups is 2. The molecule has 0 radical (unpaired) electrons. The lowest BCUT2D eigenvalue weighted by atomic mass is 9.97. The van der Waals surface area contributed by atoms with Gasteiger partial charge in [0.05, 0.1) is 0 Å². The Morgan fingerprint density at radius 1 is 1.00 bits per heavy atom. The van der Waals surface area contributed by atoms with Crippen molar-refractivity contribution in [3.05, 3.63) is 53.6 Å². The molecule has 0 spiro atoms. The van der Waals surface area contributed by atoms with Gasteiger partial charge in [-0.2, -0.15) is 0 Å². The minimum atomic E-state index is -0.112. The van der Waals surface area contributed by atoms with Crippen LogP contribution in [-0.2, 0) is 11.2 Å². The Bertz CT molecular complexity index is 788. The van der Waals surface area contributed by atoms with Crippen molar-refractivity contribution >= 4 is 41.3 Å². The van der Waals surface area contributed by atoms with Gasteiger partial charge in [-0.1, -0.05) is 19.9 Å². The van der Waals surface area contributed by atoms with Gasteiger partial charge in [-0.3, -0.25) is 9.59 Å². The van der Waals surface area contributed by atoms with Crippen LogP contribution < -0.4 is 16.0 Å². The van der Waals surface area contributed by atoms with Crippen LogP contribution in [0.5, 0.6) is 0 Å². The highest BCUT2D eigenvalue weighted by atomic mass is 35.5. The molecular formula is C20H24ClN3O2. The van der Waals surface area contributed by atoms with Crippen LogP contribution in [0.1, 0.15) is 36.2 Å². The van der Waals surface area contributed by atoms with Crippen molar-refractivity contribution in [2.75, 3.05) is 22.5 Å². The molecule has 0 saturated carbocycles. The number of rotatable bonds is 4. The maximum Gasteiger partial charge on any atom is 0.256 e. The van der Waals surface area contributed by atoms with Gasteiger partial charge >= 0.3 is 0 Å². The van der Waals surface area contributed by atoms with Crippen LogP contribution in [0.3, 0.4) is 0 Å². The molecule has 1 aliphatic rings. The van der Waals surface area contributed by atoms with E-state index in [1.165, 1.54) is 0 Å². The highest BCUT2D eigenvalue weighted by Gasteiger charge is 2.17. The van der Waals surface area contributed by atoms with Gasteiger partial charge in [-0.15, -0.1) is 12.4 Å². The number of nitrogens with one attached hydrogen (secondary N) is 3. The van der Waals surface area contributed by atoms with E-state index in [9.17, 15) is 9.59 Å². The van der Waals surface area contributed by atoms with Gasteiger partial charge in [0.1, 0.15) is 0 Å². The molecule has 2 amide bonds. The minimum Gasteiger partial charge on any atom is -0.385 e. The average Bonchev–Trinajstić information content (AvgIpc) is 2.62. The first-order valence-electron chi connectivity index (χ1n) is 8.62. The summed E-state index contributed by atoms with van der Waals surface area (Å²) in [4.78, 5) is 24.3. The molecule has 0 atom stereocenters. The quantitative estimate of drug-likeness (QED) is 0.747. The molecule has 3 rings (SSSR count). The van der Waals surface area contributed by atoms with Gasteiger partial charge in [-0.25, -0.2) is 0 Å². The van der Waals surface area contributed by atoms with E-state index in [0.29, 0.717) is 11.3 Å². The van der Waals surface area contributed by atoms with Crippen LogP contribution in [-0.4, -0.2) is 18.4 Å². The second kappa shape index (κ2) is 8.72. The first-order chi connectivity index (χ1) is 12.0. The standard InChI is InChI=1S/C20H23N3O2.ClH/c1-13(2)19(24)22-14-8-10-15(11-9-14)23-20(25)17-5-3-7-18-16(17)6-4-12-21-18;/h3,5,7-11,13,21H,4,6,12H2,1-2H3,(H,22,24)(H,23,25);1H. The number of hydrogen-bond acceptors (Lipinski definition) is 3. The molecule has 3 N–H and O–H groups in total. The smallest absolute Gasteiger partial charge is 0.256 e. The normalized spacial score (nSPS) is 12.4. The Labute approximate surface area is 160 Å². The van der Waals surface area contributed by atoms with Crippen molar-refractivity contribution in [1.82, 2.24) is 0 Å². The lowest BCUT2D eigenvalue weighted by Crippen LogP contribution is -2.19. The molecule has 6 heteroatoms. The average molecular weight is 374 g/mol. The second-order valence-corrected chi connectivity index (χ2v) is 6.54. The summed E-state index contributed by atoms with van der Waals surface area (Å²) in [6, 6.07) is 12.9. The Kier molecular flexibility index (Phi) is 6.64. The van der Waals surface area contributed by atoms with E-state index in [1.54, 1.807) is 24.3 Å². The zero-order valence-electron chi connectivity index (χ0n) is 15.0. The van der Waals surface area contributed by atoms with E-state index in [0.717, 1.165) is 36.3 Å². The molecule has 2 aromatic rings. The fourth-order valence-electron chi connectivity index (χ4n) is 2.84. The predicted molar refractivity (Wildman–Crippen MR) is 108 cm³/mol. The summed E-state index contributed by atoms with van der Waals surface area (Å²) in [6.07, 6.45) is 1.94. The molecule has 0 unspecified atom stereocenters. The SMILES string of the molecule is CC(C)C(=O)Nc1ccc(NC(=O)c2cccc3c2CCCN3)cc1.Cl. The molecule has 5 nitrogen and oxygen atoms in total. The molecule has 1 aliphatic heterocycles. The molecular weight excluding hydrogens is 350 g/mol. The first kappa shape index (κ1) is 19.8. The van der Waals surface area contributed by atoms with Crippen LogP contribution in [0.15, 0.2) is 42.5 Å². The van der Waals surface area contributed by atoms with Crippen molar-refractivity contribution < 1.29 is 9.59 Å². The number of carbonyl (C=O) groups excluding carboxylic acids is 2. The zero-order valence-corrected chi connectivity index (χ0v) is 15.8. The summed E-state index contributed by atoms with van der Waals surface area (Å²) in [5.74, 6) is -0.211. The fourth-order valence-corrected chi connectivity index (χ4v) is 2.84. The number of anilines is 3. The topological polar surface area (TPSA) is 70.2 Å². The van der Waals surface area contributed by atoms with E-state index in [2.05, 4.69) is 16.0 Å². The van der Waals surface area contributed by atoms with E-state index in [4.69, 9.17) is 0 Å². The number of benzene rings is 2. The Morgan fingerprint density at radius 2 is 1.65 bits per heavy atom. The third kappa shape index (κ3) is 4.55. The fraction of sp³-hybridized carbons (Fsp3) is 0.300. The van der Waals surface area contributed by atoms with E-state index >= 15 is 0 Å². The summed E-state index contributed by atoms with van der Waals surface area (Å²) >= 11 is 0. The van der Waals surface area contributed by atoms with Gasteiger partial charge in [0.25, 0.3) is 5.91 Å². The molecule has 0 aromatic heterocycles. The largest absolute Gasteiger partial charge is 0.385 e. The molecule has 1 heterocycles. The molecule has 0 fully saturated rings. The van der Waals surface area contributed by atoms with Crippen molar-refractivity contribution in [3.8, 4) is 0 Å². The van der Waals surface area contributed by atoms with Crippen molar-refractivity contribution in [2.45, 2.75) is 26.7 Å². The molecule has 0 aliphatic carbocycles. The van der Waals surface area contributed by atoms with Gasteiger partial charge in [0.2, 0.25) is 5.91 Å². The zero-order chi connectivity index (χ0) is 17.8. The van der Waals surface area contributed by atoms with Crippen LogP contribution >= 0.6 is 12.4 Å². The minimum absolute atomic E-state index is 0. The van der Waals surface area contributed by atoms with Gasteiger partial charge in [0.15, 0.2) is 0 Å². The number of amides is 2. The summed E-state index contributed by atoms with van der Waals surface area (Å²) < 4.78 is 0. The summed E-state index contributed by atoms with van der Waals surface area (Å²) in [5.41, 5.74) is 4.26. The summed E-state index contributed by atoms with van der Waals surface area (Å²) in [7, 11) is 0. The molecule has 138 valence electrons. The predicted octanol–water partition coefficient (Wildman–Crippen LogP) is 4.31. The van der Waals surface area contributed by atoms with Gasteiger partial charge in [0, 0.05) is 35.1 Å². The number of fused-ring (bicyclic) bond motifs is 1. The van der Waals surface area contributed by atoms with Crippen LogP contribution in [0.2, 0.25) is 0 Å². The third-order valence-electron chi connectivity index (χ3n) is 4.27. The van der Waals surface area contributed by atoms with Crippen LogP contribution in [0.25, 0.3) is 0 Å². The van der Waals surface area contributed by atoms with Crippen molar-refractivity contribution in [1.29, 1.82) is 0 Å². The van der Waals surface area contributed by atoms with Crippen molar-refractivity contribution in [3.63, 3.8) is 0 Å². The third-order valence-corrected chi connectivity index (χ3v) is 4.27. The lowest BCUT2D eigenvalue weighted by Gasteiger charge is -2.20. The van der Waals surface area contributed by atoms with E-state index < -0.39 is 0 Å². The molecule has 2 aromatic carbocycles. The van der Waals surface area contributed by atoms with Crippen LogP contribution in [0, 0.1) is 5.92 Å². The second-order valence-electron chi connectivity index (χ2n) is 6.54. The lowest BCUT2D eigenvalue weighted by molar-refractivity contribution is -0.118. The highest BCUT2D eigenvalue weighted by molar-refractivity contribution is 6.06. The first-order valence-corrected chi connectivity index (χ1v) is 8.62. The Morgan fingerprint density at radius 3 is 2.31 bits per heavy atom. The molecule has 0 saturated heterocycles. The monoisotopic (exact) mass is 373 g/mol. The van der Waals surface area contributed by atoms with Crippen LogP contribution in [0.4, 0.5) is 17.1 Å². The van der Waals surface area contributed by atoms with E-state index in [1.807, 2.05) is 32.0 Å². The van der Waals surface area contributed by atoms with Gasteiger partial charge in [-0.05, 0) is 54.8 Å². The Balaban J connectivity index is 0.00000243.